The van der Waals surface area contributed by atoms with Gasteiger partial charge in [-0.3, -0.25) is 0 Å². The standard InChI is InChI=1S/C13H18F13O4Si4/c1-31-27-32(2)29-34(4,30-33(3)28-31)7-5-6-8(14,15)9(16,17)10(18,19)11(20,21)12(22,23)13(24,25)26/h5-7H2,1-4H3. The van der Waals surface area contributed by atoms with Gasteiger partial charge in [0.25, 0.3) is 0 Å². The molecule has 3 radical (unpaired) electrons. The Morgan fingerprint density at radius 1 is 0.588 bits per heavy atom. The smallest absolute Gasteiger partial charge is 0.415 e. The van der Waals surface area contributed by atoms with Crippen LogP contribution in [-0.2, 0) is 16.5 Å². The summed E-state index contributed by atoms with van der Waals surface area (Å²) in [6, 6.07) is -0.581. The van der Waals surface area contributed by atoms with Crippen molar-refractivity contribution in [1.29, 1.82) is 0 Å². The Morgan fingerprint density at radius 2 is 0.971 bits per heavy atom. The minimum atomic E-state index is -7.90. The molecular weight excluding hydrogens is 579 g/mol. The first kappa shape index (κ1) is 31.8. The Morgan fingerprint density at radius 3 is 1.35 bits per heavy atom. The molecule has 0 aromatic heterocycles. The zero-order valence-electron chi connectivity index (χ0n) is 17.7. The first-order valence-electron chi connectivity index (χ1n) is 9.05. The van der Waals surface area contributed by atoms with Gasteiger partial charge >= 0.3 is 72.2 Å². The molecule has 21 heteroatoms. The first-order chi connectivity index (χ1) is 14.8. The molecule has 0 aliphatic carbocycles. The summed E-state index contributed by atoms with van der Waals surface area (Å²) in [5.74, 6) is -36.8. The molecule has 0 atom stereocenters. The highest BCUT2D eigenvalue weighted by atomic mass is 28.5. The molecule has 0 spiro atoms. The van der Waals surface area contributed by atoms with Crippen LogP contribution < -0.4 is 0 Å². The minimum Gasteiger partial charge on any atom is -0.415 e. The molecule has 0 N–H and O–H groups in total. The lowest BCUT2D eigenvalue weighted by Gasteiger charge is -2.40. The van der Waals surface area contributed by atoms with Gasteiger partial charge in [-0.1, -0.05) is 0 Å². The third-order valence-corrected chi connectivity index (χ3v) is 16.0. The summed E-state index contributed by atoms with van der Waals surface area (Å²) in [6.45, 7) is 5.83. The van der Waals surface area contributed by atoms with Gasteiger partial charge in [0.15, 0.2) is 0 Å². The van der Waals surface area contributed by atoms with E-state index in [1.54, 1.807) is 6.55 Å². The average molecular weight is 598 g/mol. The highest BCUT2D eigenvalue weighted by molar-refractivity contribution is 6.81. The number of rotatable bonds is 8. The Hall–Kier alpha value is -0.202. The number of halogens is 13. The van der Waals surface area contributed by atoms with E-state index in [2.05, 4.69) is 0 Å². The number of hydrogen-bond donors (Lipinski definition) is 0. The summed E-state index contributed by atoms with van der Waals surface area (Å²) in [6.07, 6.45) is -10.8. The molecule has 1 fully saturated rings. The normalized spacial score (nSPS) is 21.4. The van der Waals surface area contributed by atoms with E-state index in [9.17, 15) is 57.1 Å². The fourth-order valence-electron chi connectivity index (χ4n) is 2.79. The van der Waals surface area contributed by atoms with Gasteiger partial charge < -0.3 is 16.5 Å². The third kappa shape index (κ3) is 6.02. The molecule has 0 amide bonds. The Bertz CT molecular complexity index is 695. The van der Waals surface area contributed by atoms with Crippen molar-refractivity contribution in [3.8, 4) is 0 Å². The van der Waals surface area contributed by atoms with Crippen molar-refractivity contribution in [3.63, 3.8) is 0 Å². The molecule has 4 nitrogen and oxygen atoms in total. The fourth-order valence-corrected chi connectivity index (χ4v) is 14.7. The van der Waals surface area contributed by atoms with E-state index in [0.717, 1.165) is 0 Å². The van der Waals surface area contributed by atoms with E-state index in [-0.39, 0.29) is 0 Å². The summed E-state index contributed by atoms with van der Waals surface area (Å²) in [4.78, 5) is 0. The third-order valence-electron chi connectivity index (χ3n) is 4.41. The summed E-state index contributed by atoms with van der Waals surface area (Å²) in [5.41, 5.74) is 0. The molecular formula is C13H18F13O4Si4. The van der Waals surface area contributed by atoms with Gasteiger partial charge in [-0.2, -0.15) is 57.1 Å². The van der Waals surface area contributed by atoms with Crippen LogP contribution in [-0.4, -0.2) is 72.2 Å². The molecule has 0 aromatic rings. The summed E-state index contributed by atoms with van der Waals surface area (Å²) in [7, 11) is -9.40. The molecule has 0 bridgehead atoms. The monoisotopic (exact) mass is 597 g/mol. The predicted molar refractivity (Wildman–Crippen MR) is 95.6 cm³/mol. The Labute approximate surface area is 191 Å². The van der Waals surface area contributed by atoms with Crippen molar-refractivity contribution in [3.05, 3.63) is 0 Å². The van der Waals surface area contributed by atoms with E-state index in [1.807, 2.05) is 0 Å². The molecule has 1 aliphatic rings. The molecule has 1 rings (SSSR count). The van der Waals surface area contributed by atoms with E-state index in [4.69, 9.17) is 16.5 Å². The van der Waals surface area contributed by atoms with Crippen molar-refractivity contribution in [2.45, 2.75) is 80.9 Å². The largest absolute Gasteiger partial charge is 0.460 e. The quantitative estimate of drug-likeness (QED) is 0.254. The van der Waals surface area contributed by atoms with E-state index >= 15 is 0 Å². The highest BCUT2D eigenvalue weighted by Crippen LogP contribution is 2.60. The van der Waals surface area contributed by atoms with Crippen molar-refractivity contribution < 1.29 is 73.5 Å². The molecule has 0 aromatic carbocycles. The molecule has 1 aliphatic heterocycles. The average Bonchev–Trinajstić information content (AvgIpc) is 2.57. The van der Waals surface area contributed by atoms with Gasteiger partial charge in [-0.05, 0) is 38.7 Å². The summed E-state index contributed by atoms with van der Waals surface area (Å²) in [5, 5.41) is 0. The van der Waals surface area contributed by atoms with Crippen LogP contribution in [0, 0.1) is 0 Å². The highest BCUT2D eigenvalue weighted by Gasteiger charge is 2.90. The second-order valence-corrected chi connectivity index (χ2v) is 16.4. The predicted octanol–water partition coefficient (Wildman–Crippen LogP) is 6.01. The first-order valence-corrected chi connectivity index (χ1v) is 17.0. The topological polar surface area (TPSA) is 36.9 Å². The van der Waals surface area contributed by atoms with Gasteiger partial charge in [-0.25, -0.2) is 0 Å². The van der Waals surface area contributed by atoms with Crippen LogP contribution in [0.4, 0.5) is 57.1 Å². The minimum absolute atomic E-state index is 0.581. The number of hydrogen-bond acceptors (Lipinski definition) is 4. The molecule has 201 valence electrons. The molecule has 1 saturated heterocycles. The van der Waals surface area contributed by atoms with Crippen LogP contribution in [0.25, 0.3) is 0 Å². The molecule has 1 heterocycles. The maximum atomic E-state index is 14.0. The molecule has 34 heavy (non-hydrogen) atoms. The zero-order chi connectivity index (χ0) is 27.2. The van der Waals surface area contributed by atoms with Crippen LogP contribution in [0.1, 0.15) is 12.8 Å². The molecule has 0 unspecified atom stereocenters. The van der Waals surface area contributed by atoms with Crippen molar-refractivity contribution in [2.75, 3.05) is 0 Å². The van der Waals surface area contributed by atoms with Crippen molar-refractivity contribution in [2.24, 2.45) is 0 Å². The van der Waals surface area contributed by atoms with Gasteiger partial charge in [0.1, 0.15) is 0 Å². The lowest BCUT2D eigenvalue weighted by Crippen LogP contribution is -2.70. The molecule has 0 saturated carbocycles. The fraction of sp³-hybridized carbons (Fsp3) is 1.00. The Balaban J connectivity index is 3.08. The van der Waals surface area contributed by atoms with Gasteiger partial charge in [0, 0.05) is 6.42 Å². The van der Waals surface area contributed by atoms with E-state index in [1.165, 1.54) is 19.6 Å². The van der Waals surface area contributed by atoms with Gasteiger partial charge in [-0.15, -0.1) is 0 Å². The second kappa shape index (κ2) is 9.93. The van der Waals surface area contributed by atoms with Crippen molar-refractivity contribution in [1.82, 2.24) is 0 Å². The maximum Gasteiger partial charge on any atom is 0.460 e. The maximum absolute atomic E-state index is 14.0. The van der Waals surface area contributed by atoms with Crippen LogP contribution in [0.15, 0.2) is 0 Å². The van der Waals surface area contributed by atoms with Crippen molar-refractivity contribution >= 4 is 36.4 Å². The summed E-state index contributed by atoms with van der Waals surface area (Å²) >= 11 is 0. The lowest BCUT2D eigenvalue weighted by atomic mass is 9.92. The lowest BCUT2D eigenvalue weighted by molar-refractivity contribution is -0.440. The van der Waals surface area contributed by atoms with Crippen LogP contribution in [0.3, 0.4) is 0 Å². The van der Waals surface area contributed by atoms with Crippen LogP contribution >= 0.6 is 0 Å². The number of alkyl halides is 13. The second-order valence-electron chi connectivity index (χ2n) is 7.37. The SMILES string of the molecule is C[Si]1O[Si](C)O[Si](C)(CCCC(F)(F)C(F)(F)C(F)(F)C(F)(F)C(F)(F)C(F)(F)F)O[Si](C)O1. The van der Waals surface area contributed by atoms with Gasteiger partial charge in [0.2, 0.25) is 0 Å². The van der Waals surface area contributed by atoms with Gasteiger partial charge in [0.05, 0.1) is 0 Å². The Kier molecular flexibility index (Phi) is 9.29. The van der Waals surface area contributed by atoms with Crippen LogP contribution in [0.5, 0.6) is 0 Å². The van der Waals surface area contributed by atoms with E-state index < -0.39 is 91.1 Å². The van der Waals surface area contributed by atoms with E-state index in [0.29, 0.717) is 0 Å². The summed E-state index contributed by atoms with van der Waals surface area (Å²) < 4.78 is 193. The zero-order valence-corrected chi connectivity index (χ0v) is 21.7. The van der Waals surface area contributed by atoms with Crippen LogP contribution in [0.2, 0.25) is 32.2 Å².